The molecule has 118 valence electrons. The first-order valence-electron chi connectivity index (χ1n) is 8.21. The maximum Gasteiger partial charge on any atom is 0.126 e. The van der Waals surface area contributed by atoms with Crippen LogP contribution in [0.15, 0.2) is 18.2 Å². The first-order valence-corrected chi connectivity index (χ1v) is 8.21. The lowest BCUT2D eigenvalue weighted by Crippen LogP contribution is -2.26. The molecule has 1 aliphatic rings. The Morgan fingerprint density at radius 2 is 2.14 bits per heavy atom. The van der Waals surface area contributed by atoms with Crippen LogP contribution in [0.25, 0.3) is 0 Å². The number of nitrogens with two attached hydrogens (primary N) is 1. The van der Waals surface area contributed by atoms with Crippen LogP contribution in [-0.4, -0.2) is 19.3 Å². The quantitative estimate of drug-likeness (QED) is 0.863. The topological polar surface area (TPSA) is 44.5 Å². The molecule has 3 atom stereocenters. The SMILES string of the molecule is CCC(N)Cc1ccc(OC)cc1OC1CCCC(C)C1. The van der Waals surface area contributed by atoms with Crippen LogP contribution in [0.3, 0.4) is 0 Å². The standard InChI is InChI=1S/C18H29NO2/c1-4-15(19)11-14-8-9-16(20-3)12-18(14)21-17-7-5-6-13(2)10-17/h8-9,12-13,15,17H,4-7,10-11,19H2,1-3H3. The average molecular weight is 291 g/mol. The third kappa shape index (κ3) is 4.63. The molecule has 0 aliphatic heterocycles. The predicted octanol–water partition coefficient (Wildman–Crippen LogP) is 3.93. The molecule has 1 aliphatic carbocycles. The van der Waals surface area contributed by atoms with Crippen LogP contribution in [0.2, 0.25) is 0 Å². The first-order chi connectivity index (χ1) is 10.1. The number of hydrogen-bond acceptors (Lipinski definition) is 3. The minimum atomic E-state index is 0.186. The fourth-order valence-corrected chi connectivity index (χ4v) is 3.03. The van der Waals surface area contributed by atoms with E-state index in [0.717, 1.165) is 43.1 Å². The maximum atomic E-state index is 6.31. The Kier molecular flexibility index (Phi) is 5.92. The van der Waals surface area contributed by atoms with Crippen molar-refractivity contribution < 1.29 is 9.47 Å². The Morgan fingerprint density at radius 1 is 1.33 bits per heavy atom. The second-order valence-corrected chi connectivity index (χ2v) is 6.36. The van der Waals surface area contributed by atoms with Crippen molar-refractivity contribution in [2.75, 3.05) is 7.11 Å². The second kappa shape index (κ2) is 7.69. The zero-order valence-electron chi connectivity index (χ0n) is 13.6. The van der Waals surface area contributed by atoms with Crippen LogP contribution in [0.1, 0.15) is 51.5 Å². The molecule has 0 heterocycles. The summed E-state index contributed by atoms with van der Waals surface area (Å²) in [4.78, 5) is 0. The summed E-state index contributed by atoms with van der Waals surface area (Å²) in [5.74, 6) is 2.57. The molecule has 21 heavy (non-hydrogen) atoms. The highest BCUT2D eigenvalue weighted by molar-refractivity contribution is 5.41. The highest BCUT2D eigenvalue weighted by atomic mass is 16.5. The Hall–Kier alpha value is -1.22. The molecule has 1 aromatic rings. The molecule has 1 fully saturated rings. The van der Waals surface area contributed by atoms with Crippen molar-refractivity contribution in [2.45, 2.75) is 64.5 Å². The lowest BCUT2D eigenvalue weighted by atomic mass is 9.88. The minimum absolute atomic E-state index is 0.186. The zero-order chi connectivity index (χ0) is 15.2. The number of rotatable bonds is 6. The molecule has 0 radical (unpaired) electrons. The van der Waals surface area contributed by atoms with E-state index in [2.05, 4.69) is 19.9 Å². The number of ether oxygens (including phenoxy) is 2. The van der Waals surface area contributed by atoms with Gasteiger partial charge in [0.2, 0.25) is 0 Å². The van der Waals surface area contributed by atoms with Gasteiger partial charge in [0.25, 0.3) is 0 Å². The third-order valence-corrected chi connectivity index (χ3v) is 4.46. The molecule has 1 saturated carbocycles. The van der Waals surface area contributed by atoms with Crippen molar-refractivity contribution in [2.24, 2.45) is 11.7 Å². The van der Waals surface area contributed by atoms with Crippen molar-refractivity contribution in [1.29, 1.82) is 0 Å². The Balaban J connectivity index is 2.13. The van der Waals surface area contributed by atoms with Crippen LogP contribution in [0.5, 0.6) is 11.5 Å². The molecular weight excluding hydrogens is 262 g/mol. The van der Waals surface area contributed by atoms with Gasteiger partial charge in [-0.3, -0.25) is 0 Å². The molecule has 0 aromatic heterocycles. The van der Waals surface area contributed by atoms with Gasteiger partial charge in [0.05, 0.1) is 13.2 Å². The summed E-state index contributed by atoms with van der Waals surface area (Å²) < 4.78 is 11.6. The van der Waals surface area contributed by atoms with E-state index in [9.17, 15) is 0 Å². The number of methoxy groups -OCH3 is 1. The van der Waals surface area contributed by atoms with Crippen molar-refractivity contribution in [1.82, 2.24) is 0 Å². The van der Waals surface area contributed by atoms with Gasteiger partial charge in [0.15, 0.2) is 0 Å². The highest BCUT2D eigenvalue weighted by Gasteiger charge is 2.21. The highest BCUT2D eigenvalue weighted by Crippen LogP contribution is 2.31. The Labute approximate surface area is 128 Å². The van der Waals surface area contributed by atoms with Gasteiger partial charge in [0.1, 0.15) is 11.5 Å². The third-order valence-electron chi connectivity index (χ3n) is 4.46. The fourth-order valence-electron chi connectivity index (χ4n) is 3.03. The van der Waals surface area contributed by atoms with Crippen LogP contribution in [-0.2, 0) is 6.42 Å². The number of hydrogen-bond donors (Lipinski definition) is 1. The largest absolute Gasteiger partial charge is 0.497 e. The van der Waals surface area contributed by atoms with Gasteiger partial charge in [0, 0.05) is 12.1 Å². The van der Waals surface area contributed by atoms with Gasteiger partial charge in [-0.2, -0.15) is 0 Å². The van der Waals surface area contributed by atoms with Crippen molar-refractivity contribution in [3.8, 4) is 11.5 Å². The van der Waals surface area contributed by atoms with E-state index in [1.807, 2.05) is 12.1 Å². The molecule has 3 nitrogen and oxygen atoms in total. The van der Waals surface area contributed by atoms with E-state index in [-0.39, 0.29) is 6.04 Å². The summed E-state index contributed by atoms with van der Waals surface area (Å²) >= 11 is 0. The molecule has 0 spiro atoms. The molecule has 3 unspecified atom stereocenters. The average Bonchev–Trinajstić information content (AvgIpc) is 2.49. The molecule has 0 bridgehead atoms. The van der Waals surface area contributed by atoms with Gasteiger partial charge in [-0.25, -0.2) is 0 Å². The van der Waals surface area contributed by atoms with E-state index < -0.39 is 0 Å². The second-order valence-electron chi connectivity index (χ2n) is 6.36. The molecule has 2 N–H and O–H groups in total. The molecule has 0 saturated heterocycles. The van der Waals surface area contributed by atoms with Gasteiger partial charge >= 0.3 is 0 Å². The smallest absolute Gasteiger partial charge is 0.126 e. The van der Waals surface area contributed by atoms with Gasteiger partial charge in [-0.05, 0) is 49.7 Å². The Morgan fingerprint density at radius 3 is 2.81 bits per heavy atom. The predicted molar refractivity (Wildman–Crippen MR) is 87.0 cm³/mol. The zero-order valence-corrected chi connectivity index (χ0v) is 13.6. The fraction of sp³-hybridized carbons (Fsp3) is 0.667. The van der Waals surface area contributed by atoms with Crippen molar-refractivity contribution in [3.63, 3.8) is 0 Å². The van der Waals surface area contributed by atoms with Crippen molar-refractivity contribution in [3.05, 3.63) is 23.8 Å². The summed E-state index contributed by atoms with van der Waals surface area (Å²) in [6, 6.07) is 6.28. The van der Waals surface area contributed by atoms with Gasteiger partial charge in [-0.1, -0.05) is 26.3 Å². The lowest BCUT2D eigenvalue weighted by Gasteiger charge is -2.28. The van der Waals surface area contributed by atoms with E-state index in [4.69, 9.17) is 15.2 Å². The van der Waals surface area contributed by atoms with E-state index in [0.29, 0.717) is 6.10 Å². The van der Waals surface area contributed by atoms with Gasteiger partial charge < -0.3 is 15.2 Å². The molecule has 3 heteroatoms. The molecule has 0 amide bonds. The minimum Gasteiger partial charge on any atom is -0.497 e. The van der Waals surface area contributed by atoms with E-state index in [1.165, 1.54) is 18.4 Å². The molecule has 1 aromatic carbocycles. The van der Waals surface area contributed by atoms with Crippen LogP contribution >= 0.6 is 0 Å². The normalized spacial score (nSPS) is 23.6. The number of benzene rings is 1. The summed E-state index contributed by atoms with van der Waals surface area (Å²) in [6.45, 7) is 4.44. The summed E-state index contributed by atoms with van der Waals surface area (Å²) in [5, 5.41) is 0. The maximum absolute atomic E-state index is 6.31. The summed E-state index contributed by atoms with van der Waals surface area (Å²) in [5.41, 5.74) is 7.31. The molecular formula is C18H29NO2. The summed E-state index contributed by atoms with van der Waals surface area (Å²) in [6.07, 6.45) is 7.06. The Bertz CT molecular complexity index is 447. The van der Waals surface area contributed by atoms with E-state index >= 15 is 0 Å². The lowest BCUT2D eigenvalue weighted by molar-refractivity contribution is 0.127. The van der Waals surface area contributed by atoms with Crippen LogP contribution < -0.4 is 15.2 Å². The van der Waals surface area contributed by atoms with Crippen LogP contribution in [0.4, 0.5) is 0 Å². The monoisotopic (exact) mass is 291 g/mol. The molecule has 2 rings (SSSR count). The first kappa shape index (κ1) is 16.2. The van der Waals surface area contributed by atoms with E-state index in [1.54, 1.807) is 7.11 Å². The van der Waals surface area contributed by atoms with Gasteiger partial charge in [-0.15, -0.1) is 0 Å². The van der Waals surface area contributed by atoms with Crippen molar-refractivity contribution >= 4 is 0 Å². The van der Waals surface area contributed by atoms with Crippen LogP contribution in [0, 0.1) is 5.92 Å². The summed E-state index contributed by atoms with van der Waals surface area (Å²) in [7, 11) is 1.69.